The van der Waals surface area contributed by atoms with E-state index in [0.29, 0.717) is 18.9 Å². The van der Waals surface area contributed by atoms with Gasteiger partial charge in [-0.3, -0.25) is 0 Å². The first-order valence-electron chi connectivity index (χ1n) is 4.93. The Balaban J connectivity index is 2.77. The van der Waals surface area contributed by atoms with Gasteiger partial charge in [-0.1, -0.05) is 0 Å². The lowest BCUT2D eigenvalue weighted by atomic mass is 10.2. The van der Waals surface area contributed by atoms with Crippen LogP contribution in [-0.2, 0) is 4.74 Å². The SMILES string of the molecule is COC(=O)c1cc(OCCCN)ccc1O. The van der Waals surface area contributed by atoms with E-state index in [1.54, 1.807) is 6.07 Å². The first-order chi connectivity index (χ1) is 7.69. The van der Waals surface area contributed by atoms with Crippen molar-refractivity contribution in [2.75, 3.05) is 20.3 Å². The number of methoxy groups -OCH3 is 1. The van der Waals surface area contributed by atoms with Crippen molar-refractivity contribution in [2.24, 2.45) is 5.73 Å². The Morgan fingerprint density at radius 1 is 1.50 bits per heavy atom. The zero-order valence-corrected chi connectivity index (χ0v) is 9.10. The van der Waals surface area contributed by atoms with Crippen LogP contribution in [0.3, 0.4) is 0 Å². The van der Waals surface area contributed by atoms with Crippen molar-refractivity contribution < 1.29 is 19.4 Å². The molecule has 0 atom stereocenters. The molecule has 1 rings (SSSR count). The van der Waals surface area contributed by atoms with Gasteiger partial charge >= 0.3 is 5.97 Å². The van der Waals surface area contributed by atoms with Gasteiger partial charge in [-0.05, 0) is 31.2 Å². The van der Waals surface area contributed by atoms with Gasteiger partial charge in [-0.15, -0.1) is 0 Å². The first-order valence-corrected chi connectivity index (χ1v) is 4.93. The van der Waals surface area contributed by atoms with E-state index in [4.69, 9.17) is 10.5 Å². The van der Waals surface area contributed by atoms with E-state index in [1.807, 2.05) is 0 Å². The molecule has 3 N–H and O–H groups in total. The van der Waals surface area contributed by atoms with Gasteiger partial charge < -0.3 is 20.3 Å². The highest BCUT2D eigenvalue weighted by Crippen LogP contribution is 2.23. The number of rotatable bonds is 5. The highest BCUT2D eigenvalue weighted by molar-refractivity contribution is 5.92. The summed E-state index contributed by atoms with van der Waals surface area (Å²) in [6, 6.07) is 4.42. The number of hydrogen-bond donors (Lipinski definition) is 2. The summed E-state index contributed by atoms with van der Waals surface area (Å²) in [7, 11) is 1.25. The fourth-order valence-electron chi connectivity index (χ4n) is 1.15. The maximum atomic E-state index is 11.3. The number of carbonyl (C=O) groups is 1. The Kier molecular flexibility index (Phi) is 4.60. The number of carbonyl (C=O) groups excluding carboxylic acids is 1. The fraction of sp³-hybridized carbons (Fsp3) is 0.364. The number of ether oxygens (including phenoxy) is 2. The minimum absolute atomic E-state index is 0.0905. The molecule has 88 valence electrons. The van der Waals surface area contributed by atoms with Crippen LogP contribution in [0.1, 0.15) is 16.8 Å². The average molecular weight is 225 g/mol. The number of hydrogen-bond acceptors (Lipinski definition) is 5. The molecule has 0 aliphatic rings. The summed E-state index contributed by atoms with van der Waals surface area (Å²) < 4.78 is 9.86. The summed E-state index contributed by atoms with van der Waals surface area (Å²) in [4.78, 5) is 11.3. The Hall–Kier alpha value is -1.75. The second-order valence-corrected chi connectivity index (χ2v) is 3.16. The van der Waals surface area contributed by atoms with Gasteiger partial charge in [-0.2, -0.15) is 0 Å². The zero-order chi connectivity index (χ0) is 12.0. The average Bonchev–Trinajstić information content (AvgIpc) is 2.30. The summed E-state index contributed by atoms with van der Waals surface area (Å²) in [6.07, 6.45) is 0.731. The van der Waals surface area contributed by atoms with Crippen molar-refractivity contribution in [3.8, 4) is 11.5 Å². The summed E-state index contributed by atoms with van der Waals surface area (Å²) in [5.74, 6) is -0.216. The van der Waals surface area contributed by atoms with E-state index < -0.39 is 5.97 Å². The number of aromatic hydroxyl groups is 1. The van der Waals surface area contributed by atoms with Gasteiger partial charge in [0.2, 0.25) is 0 Å². The predicted molar refractivity (Wildman–Crippen MR) is 58.6 cm³/mol. The maximum Gasteiger partial charge on any atom is 0.341 e. The fourth-order valence-corrected chi connectivity index (χ4v) is 1.15. The zero-order valence-electron chi connectivity index (χ0n) is 9.10. The Bertz CT molecular complexity index is 365. The van der Waals surface area contributed by atoms with Crippen LogP contribution in [0.4, 0.5) is 0 Å². The molecule has 0 heterocycles. The molecular weight excluding hydrogens is 210 g/mol. The standard InChI is InChI=1S/C11H15NO4/c1-15-11(14)9-7-8(3-4-10(9)13)16-6-2-5-12/h3-4,7,13H,2,5-6,12H2,1H3. The lowest BCUT2D eigenvalue weighted by molar-refractivity contribution is 0.0597. The van der Waals surface area contributed by atoms with Crippen molar-refractivity contribution in [2.45, 2.75) is 6.42 Å². The molecule has 0 radical (unpaired) electrons. The quantitative estimate of drug-likeness (QED) is 0.575. The predicted octanol–water partition coefficient (Wildman–Crippen LogP) is 0.906. The molecule has 0 unspecified atom stereocenters. The van der Waals surface area contributed by atoms with Crippen LogP contribution in [0.5, 0.6) is 11.5 Å². The summed E-state index contributed by atoms with van der Waals surface area (Å²) in [5.41, 5.74) is 5.41. The molecule has 1 aromatic carbocycles. The molecule has 0 bridgehead atoms. The lowest BCUT2D eigenvalue weighted by Crippen LogP contribution is -2.07. The molecule has 0 saturated heterocycles. The first kappa shape index (κ1) is 12.3. The van der Waals surface area contributed by atoms with Crippen molar-refractivity contribution >= 4 is 5.97 Å². The van der Waals surface area contributed by atoms with E-state index in [-0.39, 0.29) is 11.3 Å². The van der Waals surface area contributed by atoms with Gasteiger partial charge in [0.05, 0.1) is 13.7 Å². The van der Waals surface area contributed by atoms with E-state index >= 15 is 0 Å². The molecular formula is C11H15NO4. The largest absolute Gasteiger partial charge is 0.507 e. The third-order valence-corrected chi connectivity index (χ3v) is 1.99. The summed E-state index contributed by atoms with van der Waals surface area (Å²) in [6.45, 7) is 1.02. The topological polar surface area (TPSA) is 81.8 Å². The third kappa shape index (κ3) is 3.13. The minimum Gasteiger partial charge on any atom is -0.507 e. The second-order valence-electron chi connectivity index (χ2n) is 3.16. The Morgan fingerprint density at radius 3 is 2.88 bits per heavy atom. The summed E-state index contributed by atoms with van der Waals surface area (Å²) in [5, 5.41) is 9.43. The van der Waals surface area contributed by atoms with Crippen molar-refractivity contribution in [1.29, 1.82) is 0 Å². The molecule has 0 aliphatic heterocycles. The highest BCUT2D eigenvalue weighted by Gasteiger charge is 2.12. The number of esters is 1. The number of benzene rings is 1. The minimum atomic E-state index is -0.596. The van der Waals surface area contributed by atoms with Crippen molar-refractivity contribution in [3.05, 3.63) is 23.8 Å². The normalized spacial score (nSPS) is 9.88. The Morgan fingerprint density at radius 2 is 2.25 bits per heavy atom. The molecule has 0 amide bonds. The third-order valence-electron chi connectivity index (χ3n) is 1.99. The van der Waals surface area contributed by atoms with Crippen LogP contribution in [0.2, 0.25) is 0 Å². The summed E-state index contributed by atoms with van der Waals surface area (Å²) >= 11 is 0. The number of nitrogens with two attached hydrogens (primary N) is 1. The molecule has 5 heteroatoms. The lowest BCUT2D eigenvalue weighted by Gasteiger charge is -2.08. The van der Waals surface area contributed by atoms with E-state index in [1.165, 1.54) is 19.2 Å². The second kappa shape index (κ2) is 5.97. The number of phenols is 1. The maximum absolute atomic E-state index is 11.3. The molecule has 1 aromatic rings. The molecule has 0 saturated carbocycles. The van der Waals surface area contributed by atoms with E-state index in [2.05, 4.69) is 4.74 Å². The highest BCUT2D eigenvalue weighted by atomic mass is 16.5. The molecule has 5 nitrogen and oxygen atoms in total. The van der Waals surface area contributed by atoms with E-state index in [0.717, 1.165) is 6.42 Å². The van der Waals surface area contributed by atoms with Crippen LogP contribution in [-0.4, -0.2) is 31.3 Å². The van der Waals surface area contributed by atoms with Crippen molar-refractivity contribution in [3.63, 3.8) is 0 Å². The van der Waals surface area contributed by atoms with Gasteiger partial charge in [0.25, 0.3) is 0 Å². The van der Waals surface area contributed by atoms with Gasteiger partial charge in [0.1, 0.15) is 17.1 Å². The molecule has 16 heavy (non-hydrogen) atoms. The monoisotopic (exact) mass is 225 g/mol. The molecule has 0 spiro atoms. The molecule has 0 fully saturated rings. The van der Waals surface area contributed by atoms with Crippen LogP contribution < -0.4 is 10.5 Å². The molecule has 0 aromatic heterocycles. The van der Waals surface area contributed by atoms with Crippen molar-refractivity contribution in [1.82, 2.24) is 0 Å². The van der Waals surface area contributed by atoms with Crippen LogP contribution in [0.15, 0.2) is 18.2 Å². The Labute approximate surface area is 93.8 Å². The van der Waals surface area contributed by atoms with Gasteiger partial charge in [0, 0.05) is 0 Å². The van der Waals surface area contributed by atoms with Crippen LogP contribution in [0.25, 0.3) is 0 Å². The molecule has 0 aliphatic carbocycles. The van der Waals surface area contributed by atoms with Gasteiger partial charge in [-0.25, -0.2) is 4.79 Å². The van der Waals surface area contributed by atoms with Gasteiger partial charge in [0.15, 0.2) is 0 Å². The van der Waals surface area contributed by atoms with E-state index in [9.17, 15) is 9.90 Å². The van der Waals surface area contributed by atoms with Crippen LogP contribution >= 0.6 is 0 Å². The number of phenolic OH excluding ortho intramolecular Hbond substituents is 1. The van der Waals surface area contributed by atoms with Crippen LogP contribution in [0, 0.1) is 0 Å². The smallest absolute Gasteiger partial charge is 0.341 e.